The number of hydrogen-bond acceptors (Lipinski definition) is 8. The highest BCUT2D eigenvalue weighted by Crippen LogP contribution is 2.42. The second-order valence-corrected chi connectivity index (χ2v) is 7.90. The number of nitrogen functional groups attached to an aromatic ring is 2. The summed E-state index contributed by atoms with van der Waals surface area (Å²) in [4.78, 5) is 12.4. The predicted molar refractivity (Wildman–Crippen MR) is 125 cm³/mol. The van der Waals surface area contributed by atoms with Crippen molar-refractivity contribution in [2.45, 2.75) is 0 Å². The quantitative estimate of drug-likeness (QED) is 0.0807. The fourth-order valence-corrected chi connectivity index (χ4v) is 4.47. The van der Waals surface area contributed by atoms with Gasteiger partial charge in [0.05, 0.1) is 44.5 Å². The van der Waals surface area contributed by atoms with Gasteiger partial charge in [-0.3, -0.25) is 0 Å². The van der Waals surface area contributed by atoms with Crippen LogP contribution in [0.2, 0.25) is 0 Å². The zero-order chi connectivity index (χ0) is 21.8. The van der Waals surface area contributed by atoms with Crippen molar-refractivity contribution in [1.82, 2.24) is 24.7 Å². The number of hydrogen-bond donors (Lipinski definition) is 11. The van der Waals surface area contributed by atoms with Crippen molar-refractivity contribution in [2.75, 3.05) is 16.6 Å². The van der Waals surface area contributed by atoms with E-state index in [0.29, 0.717) is 28.5 Å². The number of aromatic nitrogens is 4. The molecule has 0 fully saturated rings. The van der Waals surface area contributed by atoms with Crippen LogP contribution in [-0.4, -0.2) is 19.9 Å². The van der Waals surface area contributed by atoms with Gasteiger partial charge in [-0.1, -0.05) is 4.81 Å². The van der Waals surface area contributed by atoms with Crippen LogP contribution in [0.1, 0.15) is 0 Å². The van der Waals surface area contributed by atoms with Crippen molar-refractivity contribution in [3.05, 3.63) is 24.3 Å². The van der Waals surface area contributed by atoms with Crippen molar-refractivity contribution in [3.8, 4) is 0 Å². The molecule has 0 aliphatic carbocycles. The molecule has 2 aromatic carbocycles. The van der Waals surface area contributed by atoms with E-state index in [1.807, 2.05) is 18.2 Å². The molecule has 13 heteroatoms. The monoisotopic (exact) mass is 420 g/mol. The molecule has 0 aliphatic heterocycles. The van der Waals surface area contributed by atoms with Crippen molar-refractivity contribution in [2.24, 2.45) is 29.2 Å². The highest BCUT2D eigenvalue weighted by atomic mass is 15.9. The lowest BCUT2D eigenvalue weighted by molar-refractivity contribution is 0.295. The number of nitrogens with one attached hydrogen (secondary N) is 4. The van der Waals surface area contributed by atoms with Crippen LogP contribution in [0.3, 0.4) is 0 Å². The van der Waals surface area contributed by atoms with Gasteiger partial charge < -0.3 is 31.4 Å². The Balaban J connectivity index is 1.79. The number of nitrogens with two attached hydrogens (primary N) is 7. The molecular weight excluding hydrogens is 398 g/mol. The first-order valence-corrected chi connectivity index (χ1v) is 9.37. The molecule has 0 bridgehead atoms. The molecule has 4 aromatic heterocycles. The van der Waals surface area contributed by atoms with Gasteiger partial charge in [0.1, 0.15) is 5.82 Å². The Morgan fingerprint density at radius 1 is 0.645 bits per heavy atom. The molecule has 18 N–H and O–H groups in total. The van der Waals surface area contributed by atoms with Gasteiger partial charge in [-0.05, 0) is 18.2 Å². The molecule has 6 rings (SSSR count). The molecule has 0 saturated carbocycles. The Hall–Kier alpha value is -3.98. The lowest BCUT2D eigenvalue weighted by Gasteiger charge is -2.15. The van der Waals surface area contributed by atoms with E-state index in [-0.39, 0.29) is 0 Å². The average molecular weight is 420 g/mol. The normalized spacial score (nSPS) is 12.9. The lowest BCUT2D eigenvalue weighted by atomic mass is 10.1. The van der Waals surface area contributed by atoms with Gasteiger partial charge in [-0.15, -0.1) is 17.5 Å². The van der Waals surface area contributed by atoms with E-state index >= 15 is 0 Å². The van der Waals surface area contributed by atoms with Gasteiger partial charge in [0, 0.05) is 27.6 Å². The number of aromatic amines is 4. The first-order valence-electron chi connectivity index (χ1n) is 9.37. The maximum atomic E-state index is 6.28. The second-order valence-electron chi connectivity index (χ2n) is 7.90. The number of nitrogens with zero attached hydrogens (tertiary/aromatic N) is 2. The number of benzene rings is 2. The SMILES string of the molecule is Nc1cc2[nH]c3c([nH]c4cc(N)c5[nH]c([N+](N)(N)N)cc5c43)c2c2cc(N(N)N)[nH]c12. The van der Waals surface area contributed by atoms with Crippen LogP contribution in [0.25, 0.3) is 54.6 Å². The van der Waals surface area contributed by atoms with Crippen LogP contribution in [0, 0.1) is 0 Å². The number of H-pyrrole nitrogens is 4. The molecule has 0 radical (unpaired) electrons. The molecule has 0 unspecified atom stereocenters. The maximum Gasteiger partial charge on any atom is 0.265 e. The summed E-state index contributed by atoms with van der Waals surface area (Å²) in [6.45, 7) is 0. The standard InChI is InChI=1S/C18H22N13/c19-7-3-9-13(5-1-11(30(21)22)28-15(5)7)17-18(26-9)14-6-2-12(31(23,24)25)29-16(6)8(20)4-10(14)27-17/h1-4,26-29H,19-25H2/q+1. The summed E-state index contributed by atoms with van der Waals surface area (Å²) >= 11 is 0. The maximum absolute atomic E-state index is 6.28. The van der Waals surface area contributed by atoms with Crippen LogP contribution in [-0.2, 0) is 0 Å². The predicted octanol–water partition coefficient (Wildman–Crippen LogP) is 0.412. The number of rotatable bonds is 2. The molecule has 31 heavy (non-hydrogen) atoms. The third kappa shape index (κ3) is 2.23. The van der Waals surface area contributed by atoms with E-state index in [1.165, 1.54) is 0 Å². The number of hydrazine groups is 2. The third-order valence-electron chi connectivity index (χ3n) is 5.83. The van der Waals surface area contributed by atoms with Gasteiger partial charge >= 0.3 is 0 Å². The summed E-state index contributed by atoms with van der Waals surface area (Å²) in [7, 11) is 0. The smallest absolute Gasteiger partial charge is 0.265 e. The second kappa shape index (κ2) is 5.38. The van der Waals surface area contributed by atoms with E-state index in [4.69, 9.17) is 40.7 Å². The molecular formula is C18H22N13+. The summed E-state index contributed by atoms with van der Waals surface area (Å²) in [5.41, 5.74) is 18.6. The van der Waals surface area contributed by atoms with Crippen LogP contribution in [0.5, 0.6) is 0 Å². The fourth-order valence-electron chi connectivity index (χ4n) is 4.47. The Bertz CT molecular complexity index is 1670. The number of anilines is 3. The van der Waals surface area contributed by atoms with Crippen molar-refractivity contribution in [1.29, 1.82) is 0 Å². The first-order chi connectivity index (χ1) is 14.6. The molecule has 0 saturated heterocycles. The molecule has 0 amide bonds. The topological polar surface area (TPSA) is 249 Å². The minimum atomic E-state index is -0.839. The zero-order valence-electron chi connectivity index (χ0n) is 16.2. The minimum Gasteiger partial charge on any atom is -0.397 e. The fraction of sp³-hybridized carbons (Fsp3) is 0. The zero-order valence-corrected chi connectivity index (χ0v) is 16.2. The first kappa shape index (κ1) is 17.8. The highest BCUT2D eigenvalue weighted by Gasteiger charge is 2.24. The summed E-state index contributed by atoms with van der Waals surface area (Å²) in [5.74, 6) is 29.9. The molecule has 6 aromatic rings. The number of quaternary nitrogens is 1. The van der Waals surface area contributed by atoms with Gasteiger partial charge in [0.25, 0.3) is 5.82 Å². The molecule has 0 spiro atoms. The van der Waals surface area contributed by atoms with Crippen LogP contribution < -0.4 is 50.6 Å². The number of fused-ring (bicyclic) bond motifs is 9. The summed E-state index contributed by atoms with van der Waals surface area (Å²) in [6.07, 6.45) is 0. The third-order valence-corrected chi connectivity index (χ3v) is 5.83. The summed E-state index contributed by atoms with van der Waals surface area (Å²) < 4.78 is 0. The Kier molecular flexibility index (Phi) is 3.10. The van der Waals surface area contributed by atoms with Crippen molar-refractivity contribution < 1.29 is 0 Å². The molecule has 0 atom stereocenters. The van der Waals surface area contributed by atoms with Crippen molar-refractivity contribution >= 4 is 77.7 Å². The summed E-state index contributed by atoms with van der Waals surface area (Å²) in [5, 5.41) is 4.60. The van der Waals surface area contributed by atoms with E-state index in [1.54, 1.807) is 6.07 Å². The van der Waals surface area contributed by atoms with Gasteiger partial charge in [0.2, 0.25) is 0 Å². The Morgan fingerprint density at radius 2 is 1.16 bits per heavy atom. The minimum absolute atomic E-state index is 0.410. The van der Waals surface area contributed by atoms with Gasteiger partial charge in [-0.2, -0.15) is 0 Å². The Morgan fingerprint density at radius 3 is 1.68 bits per heavy atom. The van der Waals surface area contributed by atoms with Crippen LogP contribution in [0.15, 0.2) is 24.3 Å². The van der Waals surface area contributed by atoms with E-state index in [9.17, 15) is 0 Å². The van der Waals surface area contributed by atoms with E-state index in [0.717, 1.165) is 54.2 Å². The van der Waals surface area contributed by atoms with Gasteiger partial charge in [0.15, 0.2) is 0 Å². The van der Waals surface area contributed by atoms with E-state index in [2.05, 4.69) is 19.9 Å². The van der Waals surface area contributed by atoms with Crippen molar-refractivity contribution in [3.63, 3.8) is 0 Å². The van der Waals surface area contributed by atoms with Crippen LogP contribution >= 0.6 is 0 Å². The largest absolute Gasteiger partial charge is 0.397 e. The average Bonchev–Trinajstić information content (AvgIpc) is 3.40. The molecule has 4 heterocycles. The molecule has 0 aliphatic rings. The van der Waals surface area contributed by atoms with E-state index < -0.39 is 4.81 Å². The molecule has 13 nitrogen and oxygen atoms in total. The lowest BCUT2D eigenvalue weighted by Crippen LogP contribution is -2.68. The Labute approximate surface area is 173 Å². The van der Waals surface area contributed by atoms with Crippen LogP contribution in [0.4, 0.5) is 23.0 Å². The molecule has 158 valence electrons. The summed E-state index contributed by atoms with van der Waals surface area (Å²) in [6, 6.07) is 7.38. The van der Waals surface area contributed by atoms with Gasteiger partial charge in [-0.25, -0.2) is 16.8 Å². The highest BCUT2D eigenvalue weighted by molar-refractivity contribution is 6.30.